The van der Waals surface area contributed by atoms with Gasteiger partial charge in [-0.1, -0.05) is 13.8 Å². The van der Waals surface area contributed by atoms with Gasteiger partial charge >= 0.3 is 0 Å². The van der Waals surface area contributed by atoms with E-state index in [1.54, 1.807) is 12.1 Å². The van der Waals surface area contributed by atoms with Gasteiger partial charge in [-0.05, 0) is 30.9 Å². The Hall–Kier alpha value is -1.58. The Morgan fingerprint density at radius 3 is 2.81 bits per heavy atom. The summed E-state index contributed by atoms with van der Waals surface area (Å²) in [5.74, 6) is 0.537. The Balaban J connectivity index is 2.32. The fraction of sp³-hybridized carbons (Fsp3) is 0.500. The van der Waals surface area contributed by atoms with Gasteiger partial charge in [-0.2, -0.15) is 0 Å². The minimum atomic E-state index is -0.135. The van der Waals surface area contributed by atoms with Gasteiger partial charge in [0.05, 0.1) is 11.9 Å². The van der Waals surface area contributed by atoms with Crippen LogP contribution in [0, 0.1) is 5.92 Å². The highest BCUT2D eigenvalue weighted by molar-refractivity contribution is 5.92. The summed E-state index contributed by atoms with van der Waals surface area (Å²) in [6.45, 7) is 5.04. The van der Waals surface area contributed by atoms with Crippen LogP contribution in [0.25, 0.3) is 0 Å². The number of hydrogen-bond acceptors (Lipinski definition) is 3. The Kier molecular flexibility index (Phi) is 4.76. The van der Waals surface area contributed by atoms with E-state index in [0.29, 0.717) is 23.8 Å². The van der Waals surface area contributed by atoms with Gasteiger partial charge < -0.3 is 11.1 Å². The molecule has 1 amide bonds. The molecule has 0 aromatic carbocycles. The van der Waals surface area contributed by atoms with Crippen molar-refractivity contribution in [3.63, 3.8) is 0 Å². The number of nitrogens with two attached hydrogens (primary N) is 1. The maximum Gasteiger partial charge on any atom is 0.269 e. The largest absolute Gasteiger partial charge is 0.397 e. The van der Waals surface area contributed by atoms with Crippen molar-refractivity contribution in [3.8, 4) is 0 Å². The lowest BCUT2D eigenvalue weighted by molar-refractivity contribution is 0.0947. The molecule has 4 nitrogen and oxygen atoms in total. The summed E-state index contributed by atoms with van der Waals surface area (Å²) in [6, 6.07) is 3.31. The van der Waals surface area contributed by atoms with Crippen LogP contribution >= 0.6 is 0 Å². The van der Waals surface area contributed by atoms with Gasteiger partial charge in [-0.15, -0.1) is 0 Å². The van der Waals surface area contributed by atoms with Crippen molar-refractivity contribution in [2.24, 2.45) is 5.92 Å². The molecule has 0 aliphatic carbocycles. The van der Waals surface area contributed by atoms with Gasteiger partial charge in [0.2, 0.25) is 0 Å². The van der Waals surface area contributed by atoms with Crippen LogP contribution in [0.1, 0.15) is 37.2 Å². The van der Waals surface area contributed by atoms with E-state index in [9.17, 15) is 4.79 Å². The molecule has 88 valence electrons. The SMILES string of the molecule is CC(C)CCCNC(=O)c1ccc(N)cn1. The number of nitrogens with one attached hydrogen (secondary N) is 1. The molecule has 4 heteroatoms. The molecular formula is C12H19N3O. The number of rotatable bonds is 5. The van der Waals surface area contributed by atoms with E-state index in [1.165, 1.54) is 6.20 Å². The van der Waals surface area contributed by atoms with Crippen molar-refractivity contribution >= 4 is 11.6 Å². The zero-order chi connectivity index (χ0) is 12.0. The van der Waals surface area contributed by atoms with Gasteiger partial charge in [0, 0.05) is 6.54 Å². The molecule has 0 radical (unpaired) electrons. The topological polar surface area (TPSA) is 68.0 Å². The number of carbonyl (C=O) groups is 1. The minimum Gasteiger partial charge on any atom is -0.397 e. The van der Waals surface area contributed by atoms with Crippen molar-refractivity contribution in [2.75, 3.05) is 12.3 Å². The number of carbonyl (C=O) groups excluding carboxylic acids is 1. The van der Waals surface area contributed by atoms with Crippen LogP contribution in [0.4, 0.5) is 5.69 Å². The maximum absolute atomic E-state index is 11.6. The van der Waals surface area contributed by atoms with E-state index in [4.69, 9.17) is 5.73 Å². The Morgan fingerprint density at radius 1 is 1.50 bits per heavy atom. The van der Waals surface area contributed by atoms with Crippen molar-refractivity contribution < 1.29 is 4.79 Å². The van der Waals surface area contributed by atoms with Crippen molar-refractivity contribution in [1.82, 2.24) is 10.3 Å². The molecule has 0 atom stereocenters. The van der Waals surface area contributed by atoms with Gasteiger partial charge in [-0.3, -0.25) is 4.79 Å². The van der Waals surface area contributed by atoms with Crippen LogP contribution in [-0.4, -0.2) is 17.4 Å². The van der Waals surface area contributed by atoms with E-state index >= 15 is 0 Å². The van der Waals surface area contributed by atoms with Crippen molar-refractivity contribution in [2.45, 2.75) is 26.7 Å². The second-order valence-electron chi connectivity index (χ2n) is 4.27. The Labute approximate surface area is 96.3 Å². The van der Waals surface area contributed by atoms with Gasteiger partial charge in [-0.25, -0.2) is 4.98 Å². The van der Waals surface area contributed by atoms with Gasteiger partial charge in [0.15, 0.2) is 0 Å². The number of aromatic nitrogens is 1. The molecule has 1 heterocycles. The van der Waals surface area contributed by atoms with Crippen LogP contribution in [0.15, 0.2) is 18.3 Å². The molecule has 0 bridgehead atoms. The standard InChI is InChI=1S/C12H19N3O/c1-9(2)4-3-7-14-12(16)11-6-5-10(13)8-15-11/h5-6,8-9H,3-4,7,13H2,1-2H3,(H,14,16). The maximum atomic E-state index is 11.6. The second-order valence-corrected chi connectivity index (χ2v) is 4.27. The molecule has 1 rings (SSSR count). The molecule has 1 aromatic heterocycles. The molecule has 0 saturated heterocycles. The second kappa shape index (κ2) is 6.10. The molecule has 1 aromatic rings. The molecule has 0 spiro atoms. The Morgan fingerprint density at radius 2 is 2.25 bits per heavy atom. The summed E-state index contributed by atoms with van der Waals surface area (Å²) >= 11 is 0. The van der Waals surface area contributed by atoms with E-state index in [-0.39, 0.29) is 5.91 Å². The number of hydrogen-bond donors (Lipinski definition) is 2. The van der Waals surface area contributed by atoms with Gasteiger partial charge in [0.25, 0.3) is 5.91 Å². The fourth-order valence-electron chi connectivity index (χ4n) is 1.34. The number of amides is 1. The number of nitrogens with zero attached hydrogens (tertiary/aromatic N) is 1. The molecule has 0 aliphatic rings. The van der Waals surface area contributed by atoms with Crippen LogP contribution in [0.2, 0.25) is 0 Å². The third-order valence-corrected chi connectivity index (χ3v) is 2.26. The zero-order valence-corrected chi connectivity index (χ0v) is 9.86. The highest BCUT2D eigenvalue weighted by atomic mass is 16.1. The fourth-order valence-corrected chi connectivity index (χ4v) is 1.34. The van der Waals surface area contributed by atoms with E-state index in [0.717, 1.165) is 12.8 Å². The van der Waals surface area contributed by atoms with Crippen LogP contribution < -0.4 is 11.1 Å². The number of anilines is 1. The first kappa shape index (κ1) is 12.5. The average Bonchev–Trinajstić information content (AvgIpc) is 2.25. The minimum absolute atomic E-state index is 0.135. The summed E-state index contributed by atoms with van der Waals surface area (Å²) in [5.41, 5.74) is 6.47. The predicted octanol–water partition coefficient (Wildman–Crippen LogP) is 1.83. The summed E-state index contributed by atoms with van der Waals surface area (Å²) in [5, 5.41) is 2.83. The lowest BCUT2D eigenvalue weighted by atomic mass is 10.1. The first-order valence-corrected chi connectivity index (χ1v) is 5.59. The quantitative estimate of drug-likeness (QED) is 0.745. The zero-order valence-electron chi connectivity index (χ0n) is 9.86. The predicted molar refractivity (Wildman–Crippen MR) is 65.1 cm³/mol. The summed E-state index contributed by atoms with van der Waals surface area (Å²) in [4.78, 5) is 15.5. The lowest BCUT2D eigenvalue weighted by Crippen LogP contribution is -2.25. The van der Waals surface area contributed by atoms with Crippen LogP contribution in [0.5, 0.6) is 0 Å². The molecule has 3 N–H and O–H groups in total. The van der Waals surface area contributed by atoms with Gasteiger partial charge in [0.1, 0.15) is 5.69 Å². The van der Waals surface area contributed by atoms with Crippen LogP contribution in [-0.2, 0) is 0 Å². The molecule has 0 fully saturated rings. The summed E-state index contributed by atoms with van der Waals surface area (Å²) in [7, 11) is 0. The van der Waals surface area contributed by atoms with Crippen molar-refractivity contribution in [1.29, 1.82) is 0 Å². The molecule has 0 aliphatic heterocycles. The lowest BCUT2D eigenvalue weighted by Gasteiger charge is -2.06. The number of pyridine rings is 1. The number of nitrogen functional groups attached to an aromatic ring is 1. The first-order chi connectivity index (χ1) is 7.59. The molecule has 0 unspecified atom stereocenters. The normalized spacial score (nSPS) is 10.4. The summed E-state index contributed by atoms with van der Waals surface area (Å²) in [6.07, 6.45) is 3.61. The third kappa shape index (κ3) is 4.29. The molecular weight excluding hydrogens is 202 g/mol. The first-order valence-electron chi connectivity index (χ1n) is 5.59. The summed E-state index contributed by atoms with van der Waals surface area (Å²) < 4.78 is 0. The van der Waals surface area contributed by atoms with E-state index in [2.05, 4.69) is 24.1 Å². The average molecular weight is 221 g/mol. The molecule has 16 heavy (non-hydrogen) atoms. The molecule has 0 saturated carbocycles. The highest BCUT2D eigenvalue weighted by Gasteiger charge is 2.05. The van der Waals surface area contributed by atoms with Crippen molar-refractivity contribution in [3.05, 3.63) is 24.0 Å². The highest BCUT2D eigenvalue weighted by Crippen LogP contribution is 2.03. The van der Waals surface area contributed by atoms with E-state index < -0.39 is 0 Å². The van der Waals surface area contributed by atoms with Crippen LogP contribution in [0.3, 0.4) is 0 Å². The monoisotopic (exact) mass is 221 g/mol. The third-order valence-electron chi connectivity index (χ3n) is 2.26. The van der Waals surface area contributed by atoms with E-state index in [1.807, 2.05) is 0 Å². The smallest absolute Gasteiger partial charge is 0.269 e. The Bertz CT molecular complexity index is 333.